The number of pyridine rings is 1. The fourth-order valence-corrected chi connectivity index (χ4v) is 3.03. The van der Waals surface area contributed by atoms with Crippen LogP contribution >= 0.6 is 0 Å². The van der Waals surface area contributed by atoms with Crippen molar-refractivity contribution in [1.82, 2.24) is 10.3 Å². The van der Waals surface area contributed by atoms with Crippen LogP contribution in [0, 0.1) is 5.82 Å². The van der Waals surface area contributed by atoms with Crippen molar-refractivity contribution in [2.75, 3.05) is 11.9 Å². The number of carbonyl (C=O) groups excluding carboxylic acids is 2. The maximum absolute atomic E-state index is 13.2. The minimum Gasteiger partial charge on any atom is -0.352 e. The number of nitrogens with one attached hydrogen (secondary N) is 2. The molecule has 0 radical (unpaired) electrons. The standard InChI is InChI=1S/C21H22FN3O2/c22-18-7-4-8-19(12-18)25-21(27)17-11-16(13-23-14-17)20(26)24-10-9-15-5-2-1-3-6-15/h4-5,7-8,11-14H,1-3,6,9-10H2,(H,24,26)(H,25,27). The zero-order valence-corrected chi connectivity index (χ0v) is 15.0. The molecule has 0 saturated heterocycles. The summed E-state index contributed by atoms with van der Waals surface area (Å²) >= 11 is 0. The molecule has 0 fully saturated rings. The SMILES string of the molecule is O=C(NCCC1=CCCCC1)c1cncc(C(=O)Nc2cccc(F)c2)c1. The zero-order chi connectivity index (χ0) is 19.1. The van der Waals surface area contributed by atoms with Gasteiger partial charge in [-0.25, -0.2) is 4.39 Å². The van der Waals surface area contributed by atoms with Gasteiger partial charge < -0.3 is 10.6 Å². The largest absolute Gasteiger partial charge is 0.352 e. The Balaban J connectivity index is 1.58. The first kappa shape index (κ1) is 18.8. The minimum atomic E-state index is -0.449. The van der Waals surface area contributed by atoms with Crippen molar-refractivity contribution in [1.29, 1.82) is 0 Å². The third kappa shape index (κ3) is 5.48. The van der Waals surface area contributed by atoms with E-state index in [0.29, 0.717) is 17.8 Å². The highest BCUT2D eigenvalue weighted by atomic mass is 19.1. The molecular weight excluding hydrogens is 345 g/mol. The van der Waals surface area contributed by atoms with Crippen molar-refractivity contribution < 1.29 is 14.0 Å². The van der Waals surface area contributed by atoms with E-state index in [2.05, 4.69) is 21.7 Å². The summed E-state index contributed by atoms with van der Waals surface area (Å²) in [5.74, 6) is -1.15. The van der Waals surface area contributed by atoms with Crippen LogP contribution in [0.4, 0.5) is 10.1 Å². The van der Waals surface area contributed by atoms with Crippen molar-refractivity contribution in [2.45, 2.75) is 32.1 Å². The normalized spacial score (nSPS) is 13.6. The Morgan fingerprint density at radius 3 is 2.63 bits per heavy atom. The topological polar surface area (TPSA) is 71.1 Å². The van der Waals surface area contributed by atoms with E-state index >= 15 is 0 Å². The lowest BCUT2D eigenvalue weighted by molar-refractivity contribution is 0.0953. The molecule has 0 unspecified atom stereocenters. The van der Waals surface area contributed by atoms with Gasteiger partial charge in [-0.3, -0.25) is 14.6 Å². The van der Waals surface area contributed by atoms with Crippen molar-refractivity contribution in [3.63, 3.8) is 0 Å². The lowest BCUT2D eigenvalue weighted by atomic mass is 9.97. The van der Waals surface area contributed by atoms with Gasteiger partial charge in [-0.15, -0.1) is 0 Å². The van der Waals surface area contributed by atoms with Gasteiger partial charge in [0.1, 0.15) is 5.82 Å². The molecule has 5 nitrogen and oxygen atoms in total. The summed E-state index contributed by atoms with van der Waals surface area (Å²) in [7, 11) is 0. The van der Waals surface area contributed by atoms with Gasteiger partial charge in [0.2, 0.25) is 0 Å². The van der Waals surface area contributed by atoms with Gasteiger partial charge in [0, 0.05) is 24.6 Å². The van der Waals surface area contributed by atoms with E-state index in [0.717, 1.165) is 19.3 Å². The highest BCUT2D eigenvalue weighted by Crippen LogP contribution is 2.19. The molecule has 6 heteroatoms. The molecule has 1 aromatic heterocycles. The number of aromatic nitrogens is 1. The Morgan fingerprint density at radius 2 is 1.89 bits per heavy atom. The molecule has 2 N–H and O–H groups in total. The second-order valence-electron chi connectivity index (χ2n) is 6.54. The summed E-state index contributed by atoms with van der Waals surface area (Å²) in [6.07, 6.45) is 10.6. The molecule has 1 aliphatic rings. The molecule has 3 rings (SSSR count). The second-order valence-corrected chi connectivity index (χ2v) is 6.54. The second kappa shape index (κ2) is 9.07. The number of carbonyl (C=O) groups is 2. The number of anilines is 1. The lowest BCUT2D eigenvalue weighted by Crippen LogP contribution is -2.25. The van der Waals surface area contributed by atoms with Gasteiger partial charge in [-0.05, 0) is 56.4 Å². The van der Waals surface area contributed by atoms with E-state index in [4.69, 9.17) is 0 Å². The Kier molecular flexibility index (Phi) is 6.30. The highest BCUT2D eigenvalue weighted by molar-refractivity contribution is 6.05. The number of hydrogen-bond donors (Lipinski definition) is 2. The summed E-state index contributed by atoms with van der Waals surface area (Å²) in [5, 5.41) is 5.46. The van der Waals surface area contributed by atoms with Crippen LogP contribution in [-0.4, -0.2) is 23.3 Å². The van der Waals surface area contributed by atoms with Crippen molar-refractivity contribution in [2.24, 2.45) is 0 Å². The van der Waals surface area contributed by atoms with Crippen LogP contribution in [0.1, 0.15) is 52.8 Å². The van der Waals surface area contributed by atoms with E-state index in [1.165, 1.54) is 55.1 Å². The Morgan fingerprint density at radius 1 is 1.07 bits per heavy atom. The van der Waals surface area contributed by atoms with Crippen molar-refractivity contribution in [3.8, 4) is 0 Å². The molecule has 2 aromatic rings. The van der Waals surface area contributed by atoms with E-state index in [9.17, 15) is 14.0 Å². The average Bonchev–Trinajstić information content (AvgIpc) is 2.69. The molecule has 2 amide bonds. The molecule has 140 valence electrons. The molecule has 27 heavy (non-hydrogen) atoms. The van der Waals surface area contributed by atoms with Crippen molar-refractivity contribution >= 4 is 17.5 Å². The van der Waals surface area contributed by atoms with Crippen LogP contribution in [0.2, 0.25) is 0 Å². The lowest BCUT2D eigenvalue weighted by Gasteiger charge is -2.13. The fourth-order valence-electron chi connectivity index (χ4n) is 3.03. The first-order valence-corrected chi connectivity index (χ1v) is 9.10. The maximum Gasteiger partial charge on any atom is 0.257 e. The van der Waals surface area contributed by atoms with Gasteiger partial charge in [0.15, 0.2) is 0 Å². The number of amides is 2. The summed E-state index contributed by atoms with van der Waals surface area (Å²) in [5.41, 5.74) is 2.29. The summed E-state index contributed by atoms with van der Waals surface area (Å²) in [4.78, 5) is 28.6. The number of rotatable bonds is 6. The molecule has 1 heterocycles. The van der Waals surface area contributed by atoms with Gasteiger partial charge in [0.25, 0.3) is 11.8 Å². The van der Waals surface area contributed by atoms with Gasteiger partial charge >= 0.3 is 0 Å². The summed E-state index contributed by atoms with van der Waals surface area (Å²) < 4.78 is 13.2. The van der Waals surface area contributed by atoms with E-state index < -0.39 is 11.7 Å². The summed E-state index contributed by atoms with van der Waals surface area (Å²) in [6.45, 7) is 0.560. The zero-order valence-electron chi connectivity index (χ0n) is 15.0. The molecule has 1 aromatic carbocycles. The fraction of sp³-hybridized carbons (Fsp3) is 0.286. The number of allylic oxidation sites excluding steroid dienone is 1. The smallest absolute Gasteiger partial charge is 0.257 e. The van der Waals surface area contributed by atoms with Crippen LogP contribution in [0.5, 0.6) is 0 Å². The maximum atomic E-state index is 13.2. The number of halogens is 1. The van der Waals surface area contributed by atoms with Crippen LogP contribution < -0.4 is 10.6 Å². The number of benzene rings is 1. The minimum absolute atomic E-state index is 0.238. The predicted octanol–water partition coefficient (Wildman–Crippen LogP) is 4.09. The van der Waals surface area contributed by atoms with E-state index in [1.807, 2.05) is 0 Å². The first-order chi connectivity index (χ1) is 13.1. The third-order valence-corrected chi connectivity index (χ3v) is 4.46. The first-order valence-electron chi connectivity index (χ1n) is 9.10. The summed E-state index contributed by atoms with van der Waals surface area (Å²) in [6, 6.07) is 7.10. The molecule has 0 aliphatic heterocycles. The van der Waals surface area contributed by atoms with Gasteiger partial charge in [-0.2, -0.15) is 0 Å². The van der Waals surface area contributed by atoms with E-state index in [-0.39, 0.29) is 11.5 Å². The average molecular weight is 367 g/mol. The van der Waals surface area contributed by atoms with Crippen LogP contribution in [0.15, 0.2) is 54.4 Å². The van der Waals surface area contributed by atoms with Crippen LogP contribution in [0.3, 0.4) is 0 Å². The monoisotopic (exact) mass is 367 g/mol. The number of nitrogens with zero attached hydrogens (tertiary/aromatic N) is 1. The van der Waals surface area contributed by atoms with Gasteiger partial charge in [-0.1, -0.05) is 17.7 Å². The molecule has 0 atom stereocenters. The van der Waals surface area contributed by atoms with Crippen molar-refractivity contribution in [3.05, 3.63) is 71.3 Å². The van der Waals surface area contributed by atoms with Crippen LogP contribution in [0.25, 0.3) is 0 Å². The quantitative estimate of drug-likeness (QED) is 0.756. The molecule has 1 aliphatic carbocycles. The Hall–Kier alpha value is -3.02. The number of hydrogen-bond acceptors (Lipinski definition) is 3. The Bertz CT molecular complexity index is 864. The molecular formula is C21H22FN3O2. The van der Waals surface area contributed by atoms with Crippen LogP contribution in [-0.2, 0) is 0 Å². The highest BCUT2D eigenvalue weighted by Gasteiger charge is 2.12. The molecule has 0 saturated carbocycles. The Labute approximate surface area is 157 Å². The molecule has 0 bridgehead atoms. The molecule has 0 spiro atoms. The predicted molar refractivity (Wildman–Crippen MR) is 102 cm³/mol. The van der Waals surface area contributed by atoms with Gasteiger partial charge in [0.05, 0.1) is 11.1 Å². The van der Waals surface area contributed by atoms with E-state index in [1.54, 1.807) is 6.07 Å². The third-order valence-electron chi connectivity index (χ3n) is 4.46.